The van der Waals surface area contributed by atoms with Crippen LogP contribution in [0.25, 0.3) is 11.0 Å². The van der Waals surface area contributed by atoms with Gasteiger partial charge in [-0.1, -0.05) is 12.5 Å². The molecule has 1 saturated heterocycles. The Kier molecular flexibility index (Phi) is 5.92. The Hall–Kier alpha value is -2.97. The summed E-state index contributed by atoms with van der Waals surface area (Å²) >= 11 is 0. The molecule has 0 radical (unpaired) electrons. The predicted octanol–water partition coefficient (Wildman–Crippen LogP) is 4.23. The average molecular weight is 455 g/mol. The second-order valence-electron chi connectivity index (χ2n) is 8.37. The maximum absolute atomic E-state index is 13.0. The molecule has 2 heterocycles. The minimum Gasteiger partial charge on any atom is -0.451 e. The lowest BCUT2D eigenvalue weighted by Crippen LogP contribution is -2.41. The van der Waals surface area contributed by atoms with Crippen LogP contribution in [0.3, 0.4) is 0 Å². The summed E-state index contributed by atoms with van der Waals surface area (Å²) in [5, 5.41) is 3.12. The van der Waals surface area contributed by atoms with Gasteiger partial charge in [0.1, 0.15) is 5.58 Å². The third-order valence-corrected chi connectivity index (χ3v) is 7.88. The molecule has 4 rings (SSSR count). The quantitative estimate of drug-likeness (QED) is 0.636. The first kappa shape index (κ1) is 22.2. The number of carbonyl (C=O) groups excluding carboxylic acids is 1. The second kappa shape index (κ2) is 8.52. The summed E-state index contributed by atoms with van der Waals surface area (Å²) in [6.07, 6.45) is 2.74. The number of hydrogen-bond donors (Lipinski definition) is 1. The molecule has 168 valence electrons. The number of nitrogens with zero attached hydrogens (tertiary/aromatic N) is 1. The van der Waals surface area contributed by atoms with E-state index < -0.39 is 15.9 Å². The fraction of sp³-hybridized carbons (Fsp3) is 0.333. The number of benzene rings is 2. The smallest absolute Gasteiger partial charge is 0.291 e. The van der Waals surface area contributed by atoms with Crippen LogP contribution in [0.2, 0.25) is 0 Å². The van der Waals surface area contributed by atoms with E-state index in [9.17, 15) is 18.0 Å². The number of fused-ring (bicyclic) bond motifs is 1. The monoisotopic (exact) mass is 454 g/mol. The molecular formula is C24H26N2O5S. The van der Waals surface area contributed by atoms with Crippen molar-refractivity contribution < 1.29 is 17.6 Å². The van der Waals surface area contributed by atoms with Gasteiger partial charge in [0.15, 0.2) is 11.2 Å². The Morgan fingerprint density at radius 1 is 1.09 bits per heavy atom. The fourth-order valence-corrected chi connectivity index (χ4v) is 5.94. The van der Waals surface area contributed by atoms with Crippen molar-refractivity contribution in [3.05, 3.63) is 69.6 Å². The van der Waals surface area contributed by atoms with Crippen LogP contribution in [0.15, 0.2) is 56.6 Å². The molecule has 8 heteroatoms. The number of piperidine rings is 1. The van der Waals surface area contributed by atoms with Crippen molar-refractivity contribution in [1.29, 1.82) is 0 Å². The molecule has 1 amide bonds. The van der Waals surface area contributed by atoms with Crippen molar-refractivity contribution in [2.75, 3.05) is 11.9 Å². The lowest BCUT2D eigenvalue weighted by atomic mass is 10.1. The van der Waals surface area contributed by atoms with Gasteiger partial charge in [-0.3, -0.25) is 9.59 Å². The summed E-state index contributed by atoms with van der Waals surface area (Å²) in [7, 11) is -3.59. The molecule has 1 fully saturated rings. The summed E-state index contributed by atoms with van der Waals surface area (Å²) in [5.74, 6) is -0.685. The molecule has 0 aliphatic carbocycles. The zero-order valence-corrected chi connectivity index (χ0v) is 19.2. The van der Waals surface area contributed by atoms with Gasteiger partial charge in [0, 0.05) is 24.3 Å². The molecule has 0 bridgehead atoms. The van der Waals surface area contributed by atoms with Crippen molar-refractivity contribution in [2.24, 2.45) is 0 Å². The number of amides is 1. The van der Waals surface area contributed by atoms with Gasteiger partial charge in [-0.25, -0.2) is 8.42 Å². The molecule has 3 aromatic rings. The van der Waals surface area contributed by atoms with Crippen molar-refractivity contribution in [2.45, 2.75) is 51.0 Å². The first-order chi connectivity index (χ1) is 15.2. The lowest BCUT2D eigenvalue weighted by Gasteiger charge is -2.32. The van der Waals surface area contributed by atoms with E-state index in [2.05, 4.69) is 5.32 Å². The van der Waals surface area contributed by atoms with E-state index in [0.717, 1.165) is 30.4 Å². The lowest BCUT2D eigenvalue weighted by molar-refractivity contribution is 0.0997. The highest BCUT2D eigenvalue weighted by Crippen LogP contribution is 2.26. The number of anilines is 1. The topological polar surface area (TPSA) is 96.7 Å². The molecular weight excluding hydrogens is 428 g/mol. The standard InChI is InChI=1S/C24H26N2O5S/c1-15-12-16(2)23-20(27)14-22(31-21(23)13-15)24(28)25-18-7-9-19(10-8-18)32(29,30)26-11-5-4-6-17(26)3/h7-10,12-14,17H,4-6,11H2,1-3H3,(H,25,28). The van der Waals surface area contributed by atoms with E-state index in [-0.39, 0.29) is 22.1 Å². The number of aryl methyl sites for hydroxylation is 2. The largest absolute Gasteiger partial charge is 0.451 e. The molecule has 0 spiro atoms. The minimum atomic E-state index is -3.59. The Labute approximate surface area is 187 Å². The van der Waals surface area contributed by atoms with Crippen LogP contribution in [0.4, 0.5) is 5.69 Å². The van der Waals surface area contributed by atoms with Crippen LogP contribution in [-0.4, -0.2) is 31.2 Å². The first-order valence-corrected chi connectivity index (χ1v) is 12.1. The molecule has 32 heavy (non-hydrogen) atoms. The molecule has 1 unspecified atom stereocenters. The Morgan fingerprint density at radius 3 is 2.50 bits per heavy atom. The van der Waals surface area contributed by atoms with Gasteiger partial charge < -0.3 is 9.73 Å². The number of sulfonamides is 1. The third kappa shape index (κ3) is 4.20. The van der Waals surface area contributed by atoms with Gasteiger partial charge >= 0.3 is 0 Å². The second-order valence-corrected chi connectivity index (χ2v) is 10.3. The van der Waals surface area contributed by atoms with Crippen LogP contribution in [0.1, 0.15) is 47.9 Å². The highest BCUT2D eigenvalue weighted by Gasteiger charge is 2.30. The molecule has 7 nitrogen and oxygen atoms in total. The van der Waals surface area contributed by atoms with Crippen LogP contribution >= 0.6 is 0 Å². The van der Waals surface area contributed by atoms with Crippen LogP contribution in [0.5, 0.6) is 0 Å². The fourth-order valence-electron chi connectivity index (χ4n) is 4.24. The highest BCUT2D eigenvalue weighted by atomic mass is 32.2. The zero-order valence-electron chi connectivity index (χ0n) is 18.3. The predicted molar refractivity (Wildman–Crippen MR) is 124 cm³/mol. The van der Waals surface area contributed by atoms with E-state index in [1.807, 2.05) is 26.8 Å². The first-order valence-electron chi connectivity index (χ1n) is 10.6. The zero-order chi connectivity index (χ0) is 23.0. The van der Waals surface area contributed by atoms with Gasteiger partial charge in [0.05, 0.1) is 10.3 Å². The molecule has 0 saturated carbocycles. The van der Waals surface area contributed by atoms with E-state index >= 15 is 0 Å². The van der Waals surface area contributed by atoms with E-state index in [0.29, 0.717) is 23.2 Å². The minimum absolute atomic E-state index is 0.0313. The Morgan fingerprint density at radius 2 is 1.81 bits per heavy atom. The normalized spacial score (nSPS) is 17.4. The van der Waals surface area contributed by atoms with Crippen LogP contribution in [0, 0.1) is 13.8 Å². The van der Waals surface area contributed by atoms with E-state index in [1.165, 1.54) is 34.6 Å². The summed E-state index contributed by atoms with van der Waals surface area (Å²) < 4.78 is 33.1. The van der Waals surface area contributed by atoms with Gasteiger partial charge in [0.2, 0.25) is 10.0 Å². The van der Waals surface area contributed by atoms with Crippen LogP contribution in [-0.2, 0) is 10.0 Å². The average Bonchev–Trinajstić information content (AvgIpc) is 2.73. The Bertz CT molecular complexity index is 1340. The van der Waals surface area contributed by atoms with Gasteiger partial charge in [-0.05, 0) is 75.1 Å². The van der Waals surface area contributed by atoms with Crippen molar-refractivity contribution in [3.8, 4) is 0 Å². The van der Waals surface area contributed by atoms with E-state index in [4.69, 9.17) is 4.42 Å². The van der Waals surface area contributed by atoms with Crippen LogP contribution < -0.4 is 10.7 Å². The van der Waals surface area contributed by atoms with Crippen molar-refractivity contribution >= 4 is 32.6 Å². The van der Waals surface area contributed by atoms with Crippen molar-refractivity contribution in [1.82, 2.24) is 4.31 Å². The third-order valence-electron chi connectivity index (χ3n) is 5.86. The molecule has 1 aliphatic heterocycles. The molecule has 1 aliphatic rings. The van der Waals surface area contributed by atoms with Gasteiger partial charge in [-0.15, -0.1) is 0 Å². The summed E-state index contributed by atoms with van der Waals surface area (Å²) in [5.41, 5.74) is 2.20. The molecule has 1 atom stereocenters. The number of rotatable bonds is 4. The number of carbonyl (C=O) groups is 1. The maximum Gasteiger partial charge on any atom is 0.291 e. The maximum atomic E-state index is 13.0. The summed E-state index contributed by atoms with van der Waals surface area (Å²) in [6, 6.07) is 10.8. The summed E-state index contributed by atoms with van der Waals surface area (Å²) in [4.78, 5) is 25.4. The van der Waals surface area contributed by atoms with Gasteiger partial charge in [0.25, 0.3) is 5.91 Å². The highest BCUT2D eigenvalue weighted by molar-refractivity contribution is 7.89. The Balaban J connectivity index is 1.56. The SMILES string of the molecule is Cc1cc(C)c2c(=O)cc(C(=O)Nc3ccc(S(=O)(=O)N4CCCCC4C)cc3)oc2c1. The van der Waals surface area contributed by atoms with E-state index in [1.54, 1.807) is 6.07 Å². The molecule has 1 N–H and O–H groups in total. The summed E-state index contributed by atoms with van der Waals surface area (Å²) in [6.45, 7) is 6.15. The molecule has 1 aromatic heterocycles. The van der Waals surface area contributed by atoms with Crippen molar-refractivity contribution in [3.63, 3.8) is 0 Å². The number of hydrogen-bond acceptors (Lipinski definition) is 5. The molecule has 2 aromatic carbocycles. The number of nitrogens with one attached hydrogen (secondary N) is 1. The van der Waals surface area contributed by atoms with Gasteiger partial charge in [-0.2, -0.15) is 4.31 Å².